The molecule has 0 aromatic heterocycles. The maximum absolute atomic E-state index is 13.5. The minimum absolute atomic E-state index is 0.0985. The average Bonchev–Trinajstić information content (AvgIpc) is 2.79. The van der Waals surface area contributed by atoms with E-state index in [1.165, 1.54) is 10.4 Å². The normalized spacial score (nSPS) is 20.9. The Bertz CT molecular complexity index is 1050. The Kier molecular flexibility index (Phi) is 6.93. The predicted molar refractivity (Wildman–Crippen MR) is 121 cm³/mol. The Hall–Kier alpha value is -2.29. The molecule has 172 valence electrons. The summed E-state index contributed by atoms with van der Waals surface area (Å²) < 4.78 is 40.8. The van der Waals surface area contributed by atoms with Gasteiger partial charge in [-0.25, -0.2) is 12.8 Å². The molecule has 8 heteroatoms. The van der Waals surface area contributed by atoms with E-state index < -0.39 is 10.0 Å². The molecule has 2 aliphatic heterocycles. The first-order chi connectivity index (χ1) is 15.3. The molecule has 0 saturated carbocycles. The van der Waals surface area contributed by atoms with Gasteiger partial charge >= 0.3 is 0 Å². The molecule has 32 heavy (non-hydrogen) atoms. The summed E-state index contributed by atoms with van der Waals surface area (Å²) in [6, 6.07) is 13.5. The van der Waals surface area contributed by atoms with Crippen molar-refractivity contribution in [3.8, 4) is 0 Å². The third-order valence-corrected chi connectivity index (χ3v) is 8.27. The Morgan fingerprint density at radius 3 is 2.44 bits per heavy atom. The first-order valence-corrected chi connectivity index (χ1v) is 12.6. The van der Waals surface area contributed by atoms with Crippen molar-refractivity contribution in [1.29, 1.82) is 0 Å². The summed E-state index contributed by atoms with van der Waals surface area (Å²) in [4.78, 5) is 17.4. The highest BCUT2D eigenvalue weighted by Gasteiger charge is 2.34. The first kappa shape index (κ1) is 22.9. The molecule has 0 bridgehead atoms. The van der Waals surface area contributed by atoms with Gasteiger partial charge in [-0.3, -0.25) is 9.69 Å². The van der Waals surface area contributed by atoms with Crippen LogP contribution in [0.2, 0.25) is 0 Å². The molecule has 1 amide bonds. The second-order valence-corrected chi connectivity index (χ2v) is 10.7. The van der Waals surface area contributed by atoms with E-state index in [9.17, 15) is 17.6 Å². The summed E-state index contributed by atoms with van der Waals surface area (Å²) in [5.74, 6) is -0.246. The van der Waals surface area contributed by atoms with Crippen LogP contribution in [0.4, 0.5) is 4.39 Å². The molecule has 1 unspecified atom stereocenters. The second kappa shape index (κ2) is 9.68. The van der Waals surface area contributed by atoms with Crippen molar-refractivity contribution in [3.05, 3.63) is 65.5 Å². The number of carbonyl (C=O) groups excluding carboxylic acids is 1. The van der Waals surface area contributed by atoms with E-state index in [2.05, 4.69) is 4.90 Å². The number of piperazine rings is 1. The van der Waals surface area contributed by atoms with E-state index in [4.69, 9.17) is 0 Å². The fourth-order valence-corrected chi connectivity index (χ4v) is 5.98. The molecule has 2 heterocycles. The second-order valence-electron chi connectivity index (χ2n) is 8.75. The lowest BCUT2D eigenvalue weighted by Gasteiger charge is -2.38. The van der Waals surface area contributed by atoms with Crippen LogP contribution >= 0.6 is 0 Å². The van der Waals surface area contributed by atoms with Crippen LogP contribution in [-0.2, 0) is 21.4 Å². The standard InChI is InChI=1S/C24H30FN3O3S/c1-19-7-9-23(10-8-19)32(30,31)28-14-12-27(13-15-28)24(29)21-5-3-11-26(18-21)17-20-4-2-6-22(25)16-20/h2,4,6-10,16,21H,3,5,11-15,17-18H2,1H3. The Balaban J connectivity index is 1.33. The lowest BCUT2D eigenvalue weighted by Crippen LogP contribution is -2.53. The lowest BCUT2D eigenvalue weighted by atomic mass is 9.95. The van der Waals surface area contributed by atoms with Crippen molar-refractivity contribution in [2.24, 2.45) is 5.92 Å². The largest absolute Gasteiger partial charge is 0.340 e. The highest BCUT2D eigenvalue weighted by atomic mass is 32.2. The summed E-state index contributed by atoms with van der Waals surface area (Å²) in [5.41, 5.74) is 1.92. The van der Waals surface area contributed by atoms with Gasteiger partial charge in [-0.15, -0.1) is 0 Å². The molecule has 2 saturated heterocycles. The molecule has 0 aliphatic carbocycles. The molecule has 0 radical (unpaired) electrons. The quantitative estimate of drug-likeness (QED) is 0.690. The van der Waals surface area contributed by atoms with Gasteiger partial charge in [-0.1, -0.05) is 29.8 Å². The van der Waals surface area contributed by atoms with Crippen molar-refractivity contribution >= 4 is 15.9 Å². The zero-order valence-electron chi connectivity index (χ0n) is 18.4. The van der Waals surface area contributed by atoms with Gasteiger partial charge in [-0.2, -0.15) is 4.31 Å². The number of halogens is 1. The predicted octanol–water partition coefficient (Wildman–Crippen LogP) is 2.88. The van der Waals surface area contributed by atoms with Gasteiger partial charge in [0.05, 0.1) is 10.8 Å². The highest BCUT2D eigenvalue weighted by Crippen LogP contribution is 2.23. The maximum atomic E-state index is 13.5. The van der Waals surface area contributed by atoms with Gasteiger partial charge in [0.15, 0.2) is 0 Å². The van der Waals surface area contributed by atoms with Gasteiger partial charge in [-0.05, 0) is 56.1 Å². The molecule has 2 aromatic carbocycles. The van der Waals surface area contributed by atoms with Crippen LogP contribution in [-0.4, -0.2) is 67.7 Å². The molecule has 0 N–H and O–H groups in total. The average molecular weight is 460 g/mol. The minimum atomic E-state index is -3.54. The summed E-state index contributed by atoms with van der Waals surface area (Å²) in [6.07, 6.45) is 1.76. The van der Waals surface area contributed by atoms with Gasteiger partial charge < -0.3 is 4.90 Å². The van der Waals surface area contributed by atoms with E-state index in [0.717, 1.165) is 30.5 Å². The molecule has 6 nitrogen and oxygen atoms in total. The SMILES string of the molecule is Cc1ccc(S(=O)(=O)N2CCN(C(=O)C3CCCN(Cc4cccc(F)c4)C3)CC2)cc1. The zero-order valence-corrected chi connectivity index (χ0v) is 19.2. The number of sulfonamides is 1. The molecular weight excluding hydrogens is 429 g/mol. The Morgan fingerprint density at radius 1 is 1.03 bits per heavy atom. The Labute approximate surface area is 189 Å². The summed E-state index contributed by atoms with van der Waals surface area (Å²) >= 11 is 0. The van der Waals surface area contributed by atoms with Crippen LogP contribution in [0.3, 0.4) is 0 Å². The molecule has 2 aliphatic rings. The number of nitrogens with zero attached hydrogens (tertiary/aromatic N) is 3. The van der Waals surface area contributed by atoms with Crippen molar-refractivity contribution in [2.75, 3.05) is 39.3 Å². The van der Waals surface area contributed by atoms with E-state index in [1.807, 2.05) is 13.0 Å². The van der Waals surface area contributed by atoms with Gasteiger partial charge in [0.2, 0.25) is 15.9 Å². The van der Waals surface area contributed by atoms with Gasteiger partial charge in [0.1, 0.15) is 5.82 Å². The fourth-order valence-electron chi connectivity index (χ4n) is 4.56. The van der Waals surface area contributed by atoms with Crippen LogP contribution < -0.4 is 0 Å². The van der Waals surface area contributed by atoms with Crippen LogP contribution in [0.1, 0.15) is 24.0 Å². The molecule has 0 spiro atoms. The number of piperidine rings is 1. The monoisotopic (exact) mass is 459 g/mol. The zero-order chi connectivity index (χ0) is 22.7. The summed E-state index contributed by atoms with van der Waals surface area (Å²) in [7, 11) is -3.54. The minimum Gasteiger partial charge on any atom is -0.340 e. The number of carbonyl (C=O) groups is 1. The van der Waals surface area contributed by atoms with Crippen molar-refractivity contribution < 1.29 is 17.6 Å². The summed E-state index contributed by atoms with van der Waals surface area (Å²) in [5, 5.41) is 0. The van der Waals surface area contributed by atoms with Crippen molar-refractivity contribution in [1.82, 2.24) is 14.1 Å². The van der Waals surface area contributed by atoms with Crippen LogP contribution in [0.15, 0.2) is 53.4 Å². The summed E-state index contributed by atoms with van der Waals surface area (Å²) in [6.45, 7) is 5.52. The topological polar surface area (TPSA) is 60.9 Å². The van der Waals surface area contributed by atoms with Gasteiger partial charge in [0.25, 0.3) is 0 Å². The molecule has 4 rings (SSSR count). The molecule has 2 aromatic rings. The Morgan fingerprint density at radius 2 is 1.75 bits per heavy atom. The fraction of sp³-hybridized carbons (Fsp3) is 0.458. The van der Waals surface area contributed by atoms with Crippen molar-refractivity contribution in [3.63, 3.8) is 0 Å². The number of benzene rings is 2. The number of aryl methyl sites for hydroxylation is 1. The third-order valence-electron chi connectivity index (χ3n) is 6.36. The van der Waals surface area contributed by atoms with Crippen LogP contribution in [0.5, 0.6) is 0 Å². The number of rotatable bonds is 5. The van der Waals surface area contributed by atoms with Crippen LogP contribution in [0, 0.1) is 18.7 Å². The van der Waals surface area contributed by atoms with E-state index in [1.54, 1.807) is 41.3 Å². The lowest BCUT2D eigenvalue weighted by molar-refractivity contribution is -0.138. The molecule has 2 fully saturated rings. The number of hydrogen-bond acceptors (Lipinski definition) is 4. The maximum Gasteiger partial charge on any atom is 0.243 e. The van der Waals surface area contributed by atoms with Crippen molar-refractivity contribution in [2.45, 2.75) is 31.2 Å². The van der Waals surface area contributed by atoms with E-state index in [-0.39, 0.29) is 17.6 Å². The smallest absolute Gasteiger partial charge is 0.243 e. The number of hydrogen-bond donors (Lipinski definition) is 0. The van der Waals surface area contributed by atoms with Crippen LogP contribution in [0.25, 0.3) is 0 Å². The number of likely N-dealkylation sites (tertiary alicyclic amines) is 1. The molecular formula is C24H30FN3O3S. The van der Waals surface area contributed by atoms with E-state index >= 15 is 0 Å². The third kappa shape index (κ3) is 5.19. The molecule has 1 atom stereocenters. The first-order valence-electron chi connectivity index (χ1n) is 11.2. The highest BCUT2D eigenvalue weighted by molar-refractivity contribution is 7.89. The number of amides is 1. The van der Waals surface area contributed by atoms with Gasteiger partial charge in [0, 0.05) is 39.3 Å². The van der Waals surface area contributed by atoms with E-state index in [0.29, 0.717) is 44.2 Å².